The van der Waals surface area contributed by atoms with Crippen LogP contribution >= 0.6 is 11.8 Å². The van der Waals surface area contributed by atoms with E-state index >= 15 is 0 Å². The summed E-state index contributed by atoms with van der Waals surface area (Å²) in [5.41, 5.74) is 5.97. The van der Waals surface area contributed by atoms with Crippen molar-refractivity contribution in [3.8, 4) is 0 Å². The lowest BCUT2D eigenvalue weighted by Crippen LogP contribution is -2.46. The Morgan fingerprint density at radius 2 is 2.35 bits per heavy atom. The van der Waals surface area contributed by atoms with E-state index in [-0.39, 0.29) is 16.8 Å². The molecule has 2 aliphatic rings. The van der Waals surface area contributed by atoms with Gasteiger partial charge in [-0.15, -0.1) is 11.8 Å². The van der Waals surface area contributed by atoms with Crippen molar-refractivity contribution in [2.24, 2.45) is 11.7 Å². The van der Waals surface area contributed by atoms with Crippen LogP contribution in [0.5, 0.6) is 0 Å². The van der Waals surface area contributed by atoms with Gasteiger partial charge in [0.2, 0.25) is 5.91 Å². The Morgan fingerprint density at radius 3 is 2.94 bits per heavy atom. The molecule has 4 nitrogen and oxygen atoms in total. The van der Waals surface area contributed by atoms with Crippen LogP contribution in [0.15, 0.2) is 0 Å². The van der Waals surface area contributed by atoms with Crippen molar-refractivity contribution in [1.82, 2.24) is 10.2 Å². The van der Waals surface area contributed by atoms with Crippen LogP contribution in [0.3, 0.4) is 0 Å². The molecular formula is C12H23N3OS. The standard InChI is InChI=1S/C12H23N3OS/c1-9(2)7-10(13)11(16)15-5-3-12(8-15)14-4-6-17-12/h9-10,14H,3-8,13H2,1-2H3/t10-,12?/m0/s1. The van der Waals surface area contributed by atoms with Crippen molar-refractivity contribution in [1.29, 1.82) is 0 Å². The summed E-state index contributed by atoms with van der Waals surface area (Å²) in [6.45, 7) is 6.94. The smallest absolute Gasteiger partial charge is 0.239 e. The Hall–Kier alpha value is -0.260. The molecule has 0 aromatic heterocycles. The first-order valence-electron chi connectivity index (χ1n) is 6.46. The normalized spacial score (nSPS) is 30.5. The quantitative estimate of drug-likeness (QED) is 0.778. The Bertz CT molecular complexity index is 289. The first-order valence-corrected chi connectivity index (χ1v) is 7.44. The fourth-order valence-corrected chi connectivity index (χ4v) is 3.93. The van der Waals surface area contributed by atoms with Gasteiger partial charge in [-0.1, -0.05) is 13.8 Å². The van der Waals surface area contributed by atoms with Crippen molar-refractivity contribution >= 4 is 17.7 Å². The van der Waals surface area contributed by atoms with Gasteiger partial charge in [0.05, 0.1) is 10.9 Å². The molecule has 1 unspecified atom stereocenters. The second kappa shape index (κ2) is 5.16. The van der Waals surface area contributed by atoms with Gasteiger partial charge in [0.1, 0.15) is 0 Å². The summed E-state index contributed by atoms with van der Waals surface area (Å²) in [5.74, 6) is 1.76. The van der Waals surface area contributed by atoms with Crippen LogP contribution in [0.2, 0.25) is 0 Å². The number of nitrogens with two attached hydrogens (primary N) is 1. The van der Waals surface area contributed by atoms with Gasteiger partial charge < -0.3 is 16.0 Å². The number of thioether (sulfide) groups is 1. The van der Waals surface area contributed by atoms with E-state index in [1.54, 1.807) is 0 Å². The molecule has 0 bridgehead atoms. The number of rotatable bonds is 3. The van der Waals surface area contributed by atoms with Gasteiger partial charge in [-0.25, -0.2) is 0 Å². The number of hydrogen-bond acceptors (Lipinski definition) is 4. The topological polar surface area (TPSA) is 58.4 Å². The van der Waals surface area contributed by atoms with Crippen LogP contribution in [-0.4, -0.2) is 47.1 Å². The number of nitrogens with one attached hydrogen (secondary N) is 1. The Kier molecular flexibility index (Phi) is 4.00. The second-order valence-corrected chi connectivity index (χ2v) is 6.99. The molecule has 1 spiro atoms. The third kappa shape index (κ3) is 2.95. The first kappa shape index (κ1) is 13.2. The minimum absolute atomic E-state index is 0.130. The maximum atomic E-state index is 12.2. The monoisotopic (exact) mass is 257 g/mol. The first-order chi connectivity index (χ1) is 8.02. The van der Waals surface area contributed by atoms with Crippen LogP contribution in [0.4, 0.5) is 0 Å². The summed E-state index contributed by atoms with van der Waals surface area (Å²) < 4.78 is 0. The molecule has 1 amide bonds. The van der Waals surface area contributed by atoms with Crippen LogP contribution in [0.1, 0.15) is 26.7 Å². The molecule has 17 heavy (non-hydrogen) atoms. The number of nitrogens with zero attached hydrogens (tertiary/aromatic N) is 1. The number of carbonyl (C=O) groups excluding carboxylic acids is 1. The maximum absolute atomic E-state index is 12.2. The van der Waals surface area contributed by atoms with Crippen molar-refractivity contribution < 1.29 is 4.79 Å². The molecule has 0 aromatic rings. The van der Waals surface area contributed by atoms with Crippen LogP contribution < -0.4 is 11.1 Å². The molecule has 5 heteroatoms. The summed E-state index contributed by atoms with van der Waals surface area (Å²) in [6, 6.07) is -0.323. The highest BCUT2D eigenvalue weighted by molar-refractivity contribution is 8.00. The van der Waals surface area contributed by atoms with Crippen LogP contribution in [-0.2, 0) is 4.79 Å². The van der Waals surface area contributed by atoms with Crippen molar-refractivity contribution in [3.05, 3.63) is 0 Å². The zero-order chi connectivity index (χ0) is 12.5. The number of hydrogen-bond donors (Lipinski definition) is 2. The molecule has 2 heterocycles. The van der Waals surface area contributed by atoms with Gasteiger partial charge in [-0.3, -0.25) is 4.79 Å². The average Bonchev–Trinajstić information content (AvgIpc) is 2.88. The molecule has 98 valence electrons. The predicted molar refractivity (Wildman–Crippen MR) is 71.8 cm³/mol. The average molecular weight is 257 g/mol. The summed E-state index contributed by atoms with van der Waals surface area (Å²) >= 11 is 1.95. The zero-order valence-corrected chi connectivity index (χ0v) is 11.6. The van der Waals surface area contributed by atoms with E-state index in [2.05, 4.69) is 19.2 Å². The largest absolute Gasteiger partial charge is 0.339 e. The lowest BCUT2D eigenvalue weighted by atomic mass is 10.0. The van der Waals surface area contributed by atoms with E-state index in [9.17, 15) is 4.79 Å². The number of carbonyl (C=O) groups is 1. The lowest BCUT2D eigenvalue weighted by Gasteiger charge is -2.25. The van der Waals surface area contributed by atoms with E-state index in [0.717, 1.165) is 38.2 Å². The van der Waals surface area contributed by atoms with E-state index in [4.69, 9.17) is 5.73 Å². The highest BCUT2D eigenvalue weighted by Crippen LogP contribution is 2.36. The molecule has 0 radical (unpaired) electrons. The van der Waals surface area contributed by atoms with Gasteiger partial charge >= 0.3 is 0 Å². The van der Waals surface area contributed by atoms with Gasteiger partial charge in [0, 0.05) is 25.4 Å². The van der Waals surface area contributed by atoms with E-state index < -0.39 is 0 Å². The Labute approximate surface area is 108 Å². The summed E-state index contributed by atoms with van der Waals surface area (Å²) in [6.07, 6.45) is 1.83. The van der Waals surface area contributed by atoms with E-state index in [0.29, 0.717) is 5.92 Å². The SMILES string of the molecule is CC(C)C[C@H](N)C(=O)N1CCC2(C1)NCCS2. The summed E-state index contributed by atoms with van der Waals surface area (Å²) in [4.78, 5) is 14.3. The Balaban J connectivity index is 1.89. The Morgan fingerprint density at radius 1 is 1.59 bits per heavy atom. The molecule has 0 aromatic carbocycles. The number of likely N-dealkylation sites (tertiary alicyclic amines) is 1. The molecule has 2 aliphatic heterocycles. The summed E-state index contributed by atoms with van der Waals surface area (Å²) in [7, 11) is 0. The molecule has 2 atom stereocenters. The molecule has 3 N–H and O–H groups in total. The highest BCUT2D eigenvalue weighted by atomic mass is 32.2. The second-order valence-electron chi connectivity index (χ2n) is 5.52. The summed E-state index contributed by atoms with van der Waals surface area (Å²) in [5, 5.41) is 3.52. The predicted octanol–water partition coefficient (Wildman–Crippen LogP) is 0.625. The number of amides is 1. The van der Waals surface area contributed by atoms with Gasteiger partial charge in [0.25, 0.3) is 0 Å². The third-order valence-corrected chi connectivity index (χ3v) is 4.95. The highest BCUT2D eigenvalue weighted by Gasteiger charge is 2.43. The molecule has 2 rings (SSSR count). The van der Waals surface area contributed by atoms with Crippen LogP contribution in [0, 0.1) is 5.92 Å². The van der Waals surface area contributed by atoms with Gasteiger partial charge in [-0.05, 0) is 18.8 Å². The molecule has 0 saturated carbocycles. The molecule has 2 fully saturated rings. The van der Waals surface area contributed by atoms with E-state index in [1.807, 2.05) is 16.7 Å². The van der Waals surface area contributed by atoms with Crippen molar-refractivity contribution in [3.63, 3.8) is 0 Å². The van der Waals surface area contributed by atoms with Crippen molar-refractivity contribution in [2.75, 3.05) is 25.4 Å². The van der Waals surface area contributed by atoms with Crippen LogP contribution in [0.25, 0.3) is 0 Å². The zero-order valence-electron chi connectivity index (χ0n) is 10.7. The van der Waals surface area contributed by atoms with Crippen molar-refractivity contribution in [2.45, 2.75) is 37.6 Å². The molecular weight excluding hydrogens is 234 g/mol. The van der Waals surface area contributed by atoms with Gasteiger partial charge in [-0.2, -0.15) is 0 Å². The fraction of sp³-hybridized carbons (Fsp3) is 0.917. The third-order valence-electron chi connectivity index (χ3n) is 3.51. The molecule has 2 saturated heterocycles. The minimum atomic E-state index is -0.323. The lowest BCUT2D eigenvalue weighted by molar-refractivity contribution is -0.132. The maximum Gasteiger partial charge on any atom is 0.239 e. The van der Waals surface area contributed by atoms with E-state index in [1.165, 1.54) is 0 Å². The fourth-order valence-electron chi connectivity index (χ4n) is 2.65. The molecule has 0 aliphatic carbocycles. The van der Waals surface area contributed by atoms with Gasteiger partial charge in [0.15, 0.2) is 0 Å². The minimum Gasteiger partial charge on any atom is -0.339 e.